The van der Waals surface area contributed by atoms with Crippen LogP contribution < -0.4 is 5.73 Å². The first-order valence-electron chi connectivity index (χ1n) is 4.88. The van der Waals surface area contributed by atoms with Crippen molar-refractivity contribution < 1.29 is 13.3 Å². The number of nitrogens with two attached hydrogens (primary N) is 1. The Balaban J connectivity index is 2.59. The average Bonchev–Trinajstić information content (AvgIpc) is 2.58. The van der Waals surface area contributed by atoms with Crippen LogP contribution in [0.5, 0.6) is 0 Å². The molecule has 0 aliphatic rings. The molecule has 1 aromatic carbocycles. The maximum atomic E-state index is 13.9. The first-order valence-corrected chi connectivity index (χ1v) is 4.88. The summed E-state index contributed by atoms with van der Waals surface area (Å²) in [5.41, 5.74) is 5.16. The second kappa shape index (κ2) is 3.52. The minimum atomic E-state index is -0.674. The van der Waals surface area contributed by atoms with E-state index in [2.05, 4.69) is 5.16 Å². The molecule has 0 fully saturated rings. The van der Waals surface area contributed by atoms with E-state index >= 15 is 0 Å². The van der Waals surface area contributed by atoms with Crippen molar-refractivity contribution in [3.63, 3.8) is 0 Å². The Kier molecular flexibility index (Phi) is 2.42. The number of aromatic nitrogens is 1. The van der Waals surface area contributed by atoms with Crippen LogP contribution in [0.4, 0.5) is 8.78 Å². The highest BCUT2D eigenvalue weighted by atomic mass is 19.1. The zero-order chi connectivity index (χ0) is 11.9. The van der Waals surface area contributed by atoms with Crippen LogP contribution in [0.3, 0.4) is 0 Å². The Morgan fingerprint density at radius 3 is 2.75 bits per heavy atom. The summed E-state index contributed by atoms with van der Waals surface area (Å²) < 4.78 is 32.2. The Bertz CT molecular complexity index is 528. The quantitative estimate of drug-likeness (QED) is 0.855. The van der Waals surface area contributed by atoms with Gasteiger partial charge >= 0.3 is 0 Å². The molecule has 5 heteroatoms. The van der Waals surface area contributed by atoms with E-state index in [-0.39, 0.29) is 23.0 Å². The number of hydrogen-bond donors (Lipinski definition) is 1. The molecule has 0 spiro atoms. The highest BCUT2D eigenvalue weighted by Crippen LogP contribution is 2.26. The molecule has 0 atom stereocenters. The predicted molar refractivity (Wildman–Crippen MR) is 55.9 cm³/mol. The third kappa shape index (κ3) is 1.90. The number of nitrogens with zero attached hydrogens (tertiary/aromatic N) is 1. The van der Waals surface area contributed by atoms with Crippen LogP contribution >= 0.6 is 0 Å². The molecule has 0 amide bonds. The monoisotopic (exact) mass is 226 g/mol. The molecule has 0 bridgehead atoms. The van der Waals surface area contributed by atoms with Crippen LogP contribution in [-0.4, -0.2) is 10.7 Å². The fourth-order valence-electron chi connectivity index (χ4n) is 1.60. The van der Waals surface area contributed by atoms with E-state index in [0.717, 1.165) is 6.07 Å². The largest absolute Gasteiger partial charge is 0.356 e. The Hall–Kier alpha value is -1.49. The van der Waals surface area contributed by atoms with Gasteiger partial charge in [-0.1, -0.05) is 5.16 Å². The van der Waals surface area contributed by atoms with Gasteiger partial charge in [0, 0.05) is 17.2 Å². The van der Waals surface area contributed by atoms with E-state index in [4.69, 9.17) is 10.3 Å². The summed E-state index contributed by atoms with van der Waals surface area (Å²) in [6, 6.07) is 1.13. The molecule has 0 radical (unpaired) electrons. The summed E-state index contributed by atoms with van der Waals surface area (Å²) in [6.45, 7) is 3.42. The van der Waals surface area contributed by atoms with E-state index in [1.165, 1.54) is 6.20 Å². The summed E-state index contributed by atoms with van der Waals surface area (Å²) in [6.07, 6.45) is 1.35. The lowest BCUT2D eigenvalue weighted by Gasteiger charge is -2.19. The molecular formula is C11H12F2N2O. The van der Waals surface area contributed by atoms with Crippen molar-refractivity contribution in [1.82, 2.24) is 5.16 Å². The van der Waals surface area contributed by atoms with Crippen LogP contribution in [0, 0.1) is 11.6 Å². The van der Waals surface area contributed by atoms with E-state index < -0.39 is 17.2 Å². The summed E-state index contributed by atoms with van der Waals surface area (Å²) >= 11 is 0. The molecule has 0 saturated carbocycles. The fraction of sp³-hybridized carbons (Fsp3) is 0.364. The highest BCUT2D eigenvalue weighted by molar-refractivity contribution is 5.77. The van der Waals surface area contributed by atoms with E-state index in [1.54, 1.807) is 13.8 Å². The highest BCUT2D eigenvalue weighted by Gasteiger charge is 2.21. The smallest absolute Gasteiger partial charge is 0.172 e. The molecule has 0 aliphatic carbocycles. The standard InChI is InChI=1S/C11H12F2N2O/c1-11(2,14)4-6-8(12)3-9-7(10(6)13)5-15-16-9/h3,5H,4,14H2,1-2H3. The Morgan fingerprint density at radius 1 is 1.44 bits per heavy atom. The molecule has 0 unspecified atom stereocenters. The van der Waals surface area contributed by atoms with Crippen LogP contribution in [0.25, 0.3) is 11.0 Å². The second-order valence-corrected chi connectivity index (χ2v) is 4.55. The molecule has 2 rings (SSSR count). The first-order chi connectivity index (χ1) is 7.38. The SMILES string of the molecule is CC(C)(N)Cc1c(F)cc2oncc2c1F. The molecule has 1 heterocycles. The van der Waals surface area contributed by atoms with Gasteiger partial charge in [-0.2, -0.15) is 0 Å². The van der Waals surface area contributed by atoms with Crippen LogP contribution in [0.15, 0.2) is 16.8 Å². The van der Waals surface area contributed by atoms with Gasteiger partial charge in [-0.3, -0.25) is 0 Å². The molecule has 2 N–H and O–H groups in total. The molecule has 1 aromatic heterocycles. The minimum absolute atomic E-state index is 0.0248. The maximum absolute atomic E-state index is 13.9. The lowest BCUT2D eigenvalue weighted by Crippen LogP contribution is -2.35. The van der Waals surface area contributed by atoms with Gasteiger partial charge in [-0.05, 0) is 20.3 Å². The van der Waals surface area contributed by atoms with Gasteiger partial charge in [0.05, 0.1) is 11.6 Å². The second-order valence-electron chi connectivity index (χ2n) is 4.55. The van der Waals surface area contributed by atoms with E-state index in [0.29, 0.717) is 0 Å². The van der Waals surface area contributed by atoms with Crippen molar-refractivity contribution in [1.29, 1.82) is 0 Å². The van der Waals surface area contributed by atoms with Gasteiger partial charge in [-0.15, -0.1) is 0 Å². The third-order valence-corrected chi connectivity index (χ3v) is 2.28. The molecular weight excluding hydrogens is 214 g/mol. The van der Waals surface area contributed by atoms with Crippen LogP contribution in [0.2, 0.25) is 0 Å². The van der Waals surface area contributed by atoms with E-state index in [1.807, 2.05) is 0 Å². The maximum Gasteiger partial charge on any atom is 0.172 e. The van der Waals surface area contributed by atoms with Crippen molar-refractivity contribution in [2.24, 2.45) is 5.73 Å². The fourth-order valence-corrected chi connectivity index (χ4v) is 1.60. The molecule has 3 nitrogen and oxygen atoms in total. The topological polar surface area (TPSA) is 52.0 Å². The molecule has 0 saturated heterocycles. The molecule has 2 aromatic rings. The van der Waals surface area contributed by atoms with Gasteiger partial charge in [-0.25, -0.2) is 8.78 Å². The van der Waals surface area contributed by atoms with Gasteiger partial charge in [0.1, 0.15) is 11.6 Å². The van der Waals surface area contributed by atoms with Crippen molar-refractivity contribution in [2.45, 2.75) is 25.8 Å². The van der Waals surface area contributed by atoms with E-state index in [9.17, 15) is 8.78 Å². The summed E-state index contributed by atoms with van der Waals surface area (Å²) in [5.74, 6) is -1.30. The van der Waals surface area contributed by atoms with Gasteiger partial charge in [0.15, 0.2) is 5.58 Å². The zero-order valence-electron chi connectivity index (χ0n) is 9.05. The number of hydrogen-bond acceptors (Lipinski definition) is 3. The third-order valence-electron chi connectivity index (χ3n) is 2.28. The van der Waals surface area contributed by atoms with Crippen molar-refractivity contribution in [3.05, 3.63) is 29.5 Å². The first kappa shape index (κ1) is 11.0. The number of fused-ring (bicyclic) bond motifs is 1. The van der Waals surface area contributed by atoms with Crippen molar-refractivity contribution in [2.75, 3.05) is 0 Å². The van der Waals surface area contributed by atoms with Gasteiger partial charge < -0.3 is 10.3 Å². The molecule has 86 valence electrons. The summed E-state index contributed by atoms with van der Waals surface area (Å²) in [4.78, 5) is 0. The van der Waals surface area contributed by atoms with Gasteiger partial charge in [0.2, 0.25) is 0 Å². The lowest BCUT2D eigenvalue weighted by atomic mass is 9.95. The van der Waals surface area contributed by atoms with Crippen molar-refractivity contribution >= 4 is 11.0 Å². The molecule has 16 heavy (non-hydrogen) atoms. The predicted octanol–water partition coefficient (Wildman–Crippen LogP) is 2.39. The Labute approximate surface area is 91.2 Å². The number of halogens is 2. The summed E-state index contributed by atoms with van der Waals surface area (Å²) in [5, 5.41) is 3.61. The lowest BCUT2D eigenvalue weighted by molar-refractivity contribution is 0.450. The van der Waals surface area contributed by atoms with Crippen LogP contribution in [-0.2, 0) is 6.42 Å². The summed E-state index contributed by atoms with van der Waals surface area (Å²) in [7, 11) is 0. The number of benzene rings is 1. The van der Waals surface area contributed by atoms with Crippen LogP contribution in [0.1, 0.15) is 19.4 Å². The van der Waals surface area contributed by atoms with Gasteiger partial charge in [0.25, 0.3) is 0 Å². The Morgan fingerprint density at radius 2 is 2.12 bits per heavy atom. The van der Waals surface area contributed by atoms with Crippen molar-refractivity contribution in [3.8, 4) is 0 Å². The normalized spacial score (nSPS) is 12.3. The number of rotatable bonds is 2. The molecule has 0 aliphatic heterocycles. The zero-order valence-corrected chi connectivity index (χ0v) is 9.05. The average molecular weight is 226 g/mol. The minimum Gasteiger partial charge on any atom is -0.356 e.